The number of carbonyl (C=O) groups excluding carboxylic acids is 2. The zero-order valence-electron chi connectivity index (χ0n) is 14.1. The van der Waals surface area contributed by atoms with Crippen LogP contribution in [-0.2, 0) is 4.79 Å². The molecule has 2 amide bonds. The molecule has 1 unspecified atom stereocenters. The Hall–Kier alpha value is -1.95. The van der Waals surface area contributed by atoms with Gasteiger partial charge in [-0.2, -0.15) is 0 Å². The standard InChI is InChI=1S/C18H24FN3O2/c1-13-4-5-14(11-16(13)19)17(23)21-7-9-22(10-8-21)18(24)15-3-2-6-20-12-15/h4-5,11,15,20H,2-3,6-10,12H2,1H3. The van der Waals surface area contributed by atoms with E-state index < -0.39 is 0 Å². The van der Waals surface area contributed by atoms with E-state index in [9.17, 15) is 14.0 Å². The van der Waals surface area contributed by atoms with Crippen LogP contribution >= 0.6 is 0 Å². The van der Waals surface area contributed by atoms with Crippen molar-refractivity contribution in [3.63, 3.8) is 0 Å². The first-order valence-electron chi connectivity index (χ1n) is 8.61. The van der Waals surface area contributed by atoms with Crippen LogP contribution in [0.1, 0.15) is 28.8 Å². The normalized spacial score (nSPS) is 21.7. The summed E-state index contributed by atoms with van der Waals surface area (Å²) >= 11 is 0. The van der Waals surface area contributed by atoms with Crippen molar-refractivity contribution >= 4 is 11.8 Å². The molecular weight excluding hydrogens is 309 g/mol. The van der Waals surface area contributed by atoms with Crippen molar-refractivity contribution < 1.29 is 14.0 Å². The Bertz CT molecular complexity index is 621. The topological polar surface area (TPSA) is 52.7 Å². The summed E-state index contributed by atoms with van der Waals surface area (Å²) in [6, 6.07) is 4.58. The third-order valence-corrected chi connectivity index (χ3v) is 4.94. The number of piperidine rings is 1. The van der Waals surface area contributed by atoms with E-state index in [1.807, 2.05) is 4.90 Å². The molecule has 130 valence electrons. The van der Waals surface area contributed by atoms with Crippen LogP contribution in [0.4, 0.5) is 4.39 Å². The Balaban J connectivity index is 1.57. The summed E-state index contributed by atoms with van der Waals surface area (Å²) in [7, 11) is 0. The molecule has 0 saturated carbocycles. The van der Waals surface area contributed by atoms with Crippen LogP contribution in [0.5, 0.6) is 0 Å². The SMILES string of the molecule is Cc1ccc(C(=O)N2CCN(C(=O)C3CCCNC3)CC2)cc1F. The summed E-state index contributed by atoms with van der Waals surface area (Å²) in [5, 5.41) is 3.27. The summed E-state index contributed by atoms with van der Waals surface area (Å²) in [6.45, 7) is 5.51. The molecule has 2 aliphatic rings. The van der Waals surface area contributed by atoms with Crippen LogP contribution in [-0.4, -0.2) is 60.9 Å². The lowest BCUT2D eigenvalue weighted by molar-refractivity contribution is -0.137. The Morgan fingerprint density at radius 1 is 1.17 bits per heavy atom. The van der Waals surface area contributed by atoms with Gasteiger partial charge in [0.25, 0.3) is 5.91 Å². The van der Waals surface area contributed by atoms with Crippen LogP contribution < -0.4 is 5.32 Å². The van der Waals surface area contributed by atoms with Crippen LogP contribution in [0, 0.1) is 18.7 Å². The maximum atomic E-state index is 13.7. The number of nitrogens with zero attached hydrogens (tertiary/aromatic N) is 2. The van der Waals surface area contributed by atoms with Crippen molar-refractivity contribution in [1.82, 2.24) is 15.1 Å². The monoisotopic (exact) mass is 333 g/mol. The largest absolute Gasteiger partial charge is 0.339 e. The van der Waals surface area contributed by atoms with Gasteiger partial charge in [0.05, 0.1) is 5.92 Å². The molecule has 1 aromatic rings. The Kier molecular flexibility index (Phi) is 5.14. The molecule has 0 aromatic heterocycles. The molecule has 5 nitrogen and oxygen atoms in total. The number of halogens is 1. The van der Waals surface area contributed by atoms with Gasteiger partial charge in [0.1, 0.15) is 5.82 Å². The van der Waals surface area contributed by atoms with Crippen LogP contribution in [0.15, 0.2) is 18.2 Å². The summed E-state index contributed by atoms with van der Waals surface area (Å²) < 4.78 is 13.7. The zero-order chi connectivity index (χ0) is 17.1. The number of rotatable bonds is 2. The number of amides is 2. The van der Waals surface area contributed by atoms with E-state index in [4.69, 9.17) is 0 Å². The number of aryl methyl sites for hydroxylation is 1. The third kappa shape index (κ3) is 3.59. The number of piperazine rings is 1. The summed E-state index contributed by atoms with van der Waals surface area (Å²) in [6.07, 6.45) is 1.97. The second-order valence-electron chi connectivity index (χ2n) is 6.62. The highest BCUT2D eigenvalue weighted by molar-refractivity contribution is 5.94. The Morgan fingerprint density at radius 2 is 1.88 bits per heavy atom. The zero-order valence-corrected chi connectivity index (χ0v) is 14.1. The maximum Gasteiger partial charge on any atom is 0.254 e. The Labute approximate surface area is 141 Å². The predicted octanol–water partition coefficient (Wildman–Crippen LogP) is 1.42. The summed E-state index contributed by atoms with van der Waals surface area (Å²) in [5.41, 5.74) is 0.900. The Morgan fingerprint density at radius 3 is 2.50 bits per heavy atom. The first-order chi connectivity index (χ1) is 11.6. The summed E-state index contributed by atoms with van der Waals surface area (Å²) in [5.74, 6) is -0.275. The average Bonchev–Trinajstić information content (AvgIpc) is 2.63. The second-order valence-corrected chi connectivity index (χ2v) is 6.62. The fourth-order valence-electron chi connectivity index (χ4n) is 3.36. The third-order valence-electron chi connectivity index (χ3n) is 4.94. The molecule has 2 fully saturated rings. The lowest BCUT2D eigenvalue weighted by Crippen LogP contribution is -2.53. The van der Waals surface area contributed by atoms with Crippen molar-refractivity contribution in [3.8, 4) is 0 Å². The number of hydrogen-bond acceptors (Lipinski definition) is 3. The molecule has 0 bridgehead atoms. The minimum Gasteiger partial charge on any atom is -0.339 e. The van der Waals surface area contributed by atoms with Crippen LogP contribution in [0.25, 0.3) is 0 Å². The van der Waals surface area contributed by atoms with Crippen molar-refractivity contribution in [3.05, 3.63) is 35.1 Å². The molecule has 3 rings (SSSR count). The molecule has 2 aliphatic heterocycles. The smallest absolute Gasteiger partial charge is 0.254 e. The molecule has 6 heteroatoms. The second kappa shape index (κ2) is 7.30. The number of nitrogens with one attached hydrogen (secondary N) is 1. The molecular formula is C18H24FN3O2. The van der Waals surface area contributed by atoms with Crippen molar-refractivity contribution in [2.24, 2.45) is 5.92 Å². The molecule has 1 atom stereocenters. The number of hydrogen-bond donors (Lipinski definition) is 1. The number of carbonyl (C=O) groups is 2. The maximum absolute atomic E-state index is 13.7. The fraction of sp³-hybridized carbons (Fsp3) is 0.556. The molecule has 0 aliphatic carbocycles. The van der Waals surface area contributed by atoms with Gasteiger partial charge >= 0.3 is 0 Å². The molecule has 0 spiro atoms. The van der Waals surface area contributed by atoms with Gasteiger partial charge in [-0.3, -0.25) is 9.59 Å². The number of benzene rings is 1. The molecule has 1 N–H and O–H groups in total. The lowest BCUT2D eigenvalue weighted by atomic mass is 9.98. The van der Waals surface area contributed by atoms with Crippen LogP contribution in [0.3, 0.4) is 0 Å². The lowest BCUT2D eigenvalue weighted by Gasteiger charge is -2.37. The van der Waals surface area contributed by atoms with Gasteiger partial charge < -0.3 is 15.1 Å². The quantitative estimate of drug-likeness (QED) is 0.891. The van der Waals surface area contributed by atoms with Gasteiger partial charge in [-0.1, -0.05) is 6.07 Å². The minimum atomic E-state index is -0.362. The fourth-order valence-corrected chi connectivity index (χ4v) is 3.36. The molecule has 1 aromatic carbocycles. The van der Waals surface area contributed by atoms with E-state index >= 15 is 0 Å². The highest BCUT2D eigenvalue weighted by Gasteiger charge is 2.30. The first kappa shape index (κ1) is 16.9. The average molecular weight is 333 g/mol. The predicted molar refractivity (Wildman–Crippen MR) is 89.2 cm³/mol. The van der Waals surface area contributed by atoms with E-state index in [1.165, 1.54) is 6.07 Å². The van der Waals surface area contributed by atoms with E-state index in [0.717, 1.165) is 25.9 Å². The van der Waals surface area contributed by atoms with E-state index in [1.54, 1.807) is 24.0 Å². The van der Waals surface area contributed by atoms with Gasteiger partial charge in [0.15, 0.2) is 0 Å². The van der Waals surface area contributed by atoms with Gasteiger partial charge in [0.2, 0.25) is 5.91 Å². The van der Waals surface area contributed by atoms with Crippen molar-refractivity contribution in [1.29, 1.82) is 0 Å². The van der Waals surface area contributed by atoms with Gasteiger partial charge in [0, 0.05) is 38.3 Å². The highest BCUT2D eigenvalue weighted by atomic mass is 19.1. The van der Waals surface area contributed by atoms with E-state index in [-0.39, 0.29) is 23.5 Å². The van der Waals surface area contributed by atoms with Crippen molar-refractivity contribution in [2.75, 3.05) is 39.3 Å². The van der Waals surface area contributed by atoms with Crippen molar-refractivity contribution in [2.45, 2.75) is 19.8 Å². The highest BCUT2D eigenvalue weighted by Crippen LogP contribution is 2.17. The van der Waals surface area contributed by atoms with Gasteiger partial charge in [-0.05, 0) is 44.0 Å². The molecule has 2 heterocycles. The van der Waals surface area contributed by atoms with Gasteiger partial charge in [-0.25, -0.2) is 4.39 Å². The molecule has 24 heavy (non-hydrogen) atoms. The molecule has 2 saturated heterocycles. The van der Waals surface area contributed by atoms with Crippen LogP contribution in [0.2, 0.25) is 0 Å². The van der Waals surface area contributed by atoms with E-state index in [2.05, 4.69) is 5.32 Å². The van der Waals surface area contributed by atoms with E-state index in [0.29, 0.717) is 37.3 Å². The molecule has 0 radical (unpaired) electrons. The first-order valence-corrected chi connectivity index (χ1v) is 8.61. The summed E-state index contributed by atoms with van der Waals surface area (Å²) in [4.78, 5) is 28.6. The van der Waals surface area contributed by atoms with Gasteiger partial charge in [-0.15, -0.1) is 0 Å². The minimum absolute atomic E-state index is 0.0622.